The Balaban J connectivity index is 1.50. The van der Waals surface area contributed by atoms with Crippen molar-refractivity contribution in [2.75, 3.05) is 9.80 Å². The van der Waals surface area contributed by atoms with Crippen LogP contribution >= 0.6 is 0 Å². The zero-order valence-electron chi connectivity index (χ0n) is 23.4. The average Bonchev–Trinajstić information content (AvgIpc) is 2.88. The van der Waals surface area contributed by atoms with Gasteiger partial charge in [0.25, 0.3) is 0 Å². The molecule has 5 aromatic carbocycles. The Labute approximate surface area is 228 Å². The molecule has 0 fully saturated rings. The van der Waals surface area contributed by atoms with Crippen LogP contribution in [0.2, 0.25) is 0 Å². The maximum absolute atomic E-state index is 2.43. The quantitative estimate of drug-likeness (QED) is 0.238. The topological polar surface area (TPSA) is 6.48 Å². The number of rotatable bonds is 5. The van der Waals surface area contributed by atoms with Gasteiger partial charge in [0.1, 0.15) is 0 Å². The molecule has 0 heterocycles. The first-order chi connectivity index (χ1) is 18.1. The van der Waals surface area contributed by atoms with Crippen molar-refractivity contribution >= 4 is 33.5 Å². The number of benzene rings is 5. The Hall–Kier alpha value is -4.04. The standard InChI is InChI=1S/C36H38N2/c1-35(2,3)37(31-16-8-7-9-17-31)33-18-12-15-30(25-33)28-19-22-32(23-20-28)38(36(4,5)6)34-24-21-27-13-10-11-14-29(27)26-34/h7-26H,1-6H3. The zero-order valence-corrected chi connectivity index (χ0v) is 23.4. The van der Waals surface area contributed by atoms with Crippen molar-refractivity contribution in [2.24, 2.45) is 0 Å². The molecule has 38 heavy (non-hydrogen) atoms. The van der Waals surface area contributed by atoms with Crippen LogP contribution in [0.1, 0.15) is 41.5 Å². The molecule has 0 unspecified atom stereocenters. The van der Waals surface area contributed by atoms with Gasteiger partial charge in [-0.3, -0.25) is 0 Å². The third-order valence-electron chi connectivity index (χ3n) is 6.91. The van der Waals surface area contributed by atoms with Gasteiger partial charge in [-0.2, -0.15) is 0 Å². The van der Waals surface area contributed by atoms with E-state index in [4.69, 9.17) is 0 Å². The lowest BCUT2D eigenvalue weighted by Crippen LogP contribution is -2.37. The van der Waals surface area contributed by atoms with Crippen molar-refractivity contribution in [3.8, 4) is 11.1 Å². The van der Waals surface area contributed by atoms with Crippen LogP contribution in [0.4, 0.5) is 22.7 Å². The molecule has 0 aliphatic heterocycles. The number of hydrogen-bond acceptors (Lipinski definition) is 2. The Morgan fingerprint density at radius 1 is 0.368 bits per heavy atom. The van der Waals surface area contributed by atoms with Crippen molar-refractivity contribution < 1.29 is 0 Å². The molecule has 192 valence electrons. The molecule has 0 saturated carbocycles. The monoisotopic (exact) mass is 498 g/mol. The predicted octanol–water partition coefficient (Wildman–Crippen LogP) is 10.4. The van der Waals surface area contributed by atoms with Gasteiger partial charge in [0.2, 0.25) is 0 Å². The molecule has 5 aromatic rings. The van der Waals surface area contributed by atoms with E-state index in [9.17, 15) is 0 Å². The van der Waals surface area contributed by atoms with Gasteiger partial charge in [0.15, 0.2) is 0 Å². The van der Waals surface area contributed by atoms with Gasteiger partial charge >= 0.3 is 0 Å². The smallest absolute Gasteiger partial charge is 0.0422 e. The summed E-state index contributed by atoms with van der Waals surface area (Å²) in [6, 6.07) is 43.8. The van der Waals surface area contributed by atoms with Crippen molar-refractivity contribution in [3.63, 3.8) is 0 Å². The molecule has 0 aliphatic carbocycles. The minimum absolute atomic E-state index is 0.0586. The molecule has 0 saturated heterocycles. The van der Waals surface area contributed by atoms with Crippen LogP contribution in [0.25, 0.3) is 21.9 Å². The molecule has 0 amide bonds. The van der Waals surface area contributed by atoms with E-state index in [0.717, 1.165) is 0 Å². The van der Waals surface area contributed by atoms with E-state index in [1.54, 1.807) is 0 Å². The van der Waals surface area contributed by atoms with E-state index in [1.807, 2.05) is 0 Å². The fourth-order valence-corrected chi connectivity index (χ4v) is 5.37. The lowest BCUT2D eigenvalue weighted by atomic mass is 9.98. The fourth-order valence-electron chi connectivity index (χ4n) is 5.37. The zero-order chi connectivity index (χ0) is 26.9. The minimum Gasteiger partial charge on any atom is -0.336 e. The first-order valence-corrected chi connectivity index (χ1v) is 13.5. The van der Waals surface area contributed by atoms with Crippen LogP contribution in [0, 0.1) is 0 Å². The van der Waals surface area contributed by atoms with Gasteiger partial charge in [-0.1, -0.05) is 72.8 Å². The number of anilines is 4. The Kier molecular flexibility index (Phi) is 6.75. The highest BCUT2D eigenvalue weighted by atomic mass is 15.2. The number of fused-ring (bicyclic) bond motifs is 1. The molecular formula is C36H38N2. The van der Waals surface area contributed by atoms with Crippen molar-refractivity contribution in [1.29, 1.82) is 0 Å². The normalized spacial score (nSPS) is 11.9. The highest BCUT2D eigenvalue weighted by Gasteiger charge is 2.25. The lowest BCUT2D eigenvalue weighted by Gasteiger charge is -2.38. The molecule has 2 nitrogen and oxygen atoms in total. The Bertz CT molecular complexity index is 1520. The molecule has 0 aliphatic rings. The van der Waals surface area contributed by atoms with E-state index >= 15 is 0 Å². The van der Waals surface area contributed by atoms with Crippen LogP contribution in [0.5, 0.6) is 0 Å². The Morgan fingerprint density at radius 2 is 0.868 bits per heavy atom. The molecule has 0 spiro atoms. The SMILES string of the molecule is CC(C)(C)N(c1ccccc1)c1cccc(-c2ccc(N(c3ccc4ccccc4c3)C(C)(C)C)cc2)c1. The van der Waals surface area contributed by atoms with Gasteiger partial charge < -0.3 is 9.80 Å². The van der Waals surface area contributed by atoms with E-state index in [0.29, 0.717) is 0 Å². The maximum Gasteiger partial charge on any atom is 0.0422 e. The van der Waals surface area contributed by atoms with Crippen molar-refractivity contribution in [2.45, 2.75) is 52.6 Å². The molecule has 0 bridgehead atoms. The summed E-state index contributed by atoms with van der Waals surface area (Å²) < 4.78 is 0. The van der Waals surface area contributed by atoms with Gasteiger partial charge in [-0.25, -0.2) is 0 Å². The predicted molar refractivity (Wildman–Crippen MR) is 166 cm³/mol. The summed E-state index contributed by atoms with van der Waals surface area (Å²) in [6.07, 6.45) is 0. The summed E-state index contributed by atoms with van der Waals surface area (Å²) in [4.78, 5) is 4.84. The lowest BCUT2D eigenvalue weighted by molar-refractivity contribution is 0.560. The number of para-hydroxylation sites is 1. The van der Waals surface area contributed by atoms with Crippen LogP contribution in [-0.4, -0.2) is 11.1 Å². The highest BCUT2D eigenvalue weighted by Crippen LogP contribution is 2.38. The molecule has 0 atom stereocenters. The molecule has 0 radical (unpaired) electrons. The summed E-state index contributed by atoms with van der Waals surface area (Å²) in [7, 11) is 0. The number of hydrogen-bond donors (Lipinski definition) is 0. The Morgan fingerprint density at radius 3 is 1.50 bits per heavy atom. The van der Waals surface area contributed by atoms with Crippen LogP contribution < -0.4 is 9.80 Å². The summed E-state index contributed by atoms with van der Waals surface area (Å²) in [5.41, 5.74) is 7.07. The van der Waals surface area contributed by atoms with Crippen LogP contribution in [-0.2, 0) is 0 Å². The summed E-state index contributed by atoms with van der Waals surface area (Å²) in [6.45, 7) is 13.6. The second-order valence-corrected chi connectivity index (χ2v) is 12.0. The molecular weight excluding hydrogens is 460 g/mol. The first-order valence-electron chi connectivity index (χ1n) is 13.5. The third kappa shape index (κ3) is 5.31. The van der Waals surface area contributed by atoms with Gasteiger partial charge in [0.05, 0.1) is 0 Å². The molecule has 5 rings (SSSR count). The molecule has 2 heteroatoms. The van der Waals surface area contributed by atoms with E-state index in [-0.39, 0.29) is 11.1 Å². The first kappa shape index (κ1) is 25.6. The maximum atomic E-state index is 2.43. The largest absolute Gasteiger partial charge is 0.336 e. The second-order valence-electron chi connectivity index (χ2n) is 12.0. The van der Waals surface area contributed by atoms with E-state index in [2.05, 4.69) is 173 Å². The fraction of sp³-hybridized carbons (Fsp3) is 0.222. The van der Waals surface area contributed by atoms with Gasteiger partial charge in [-0.15, -0.1) is 0 Å². The molecule has 0 aromatic heterocycles. The summed E-state index contributed by atoms with van der Waals surface area (Å²) in [5.74, 6) is 0. The van der Waals surface area contributed by atoms with E-state index < -0.39 is 0 Å². The van der Waals surface area contributed by atoms with Gasteiger partial charge in [0, 0.05) is 33.8 Å². The third-order valence-corrected chi connectivity index (χ3v) is 6.91. The average molecular weight is 499 g/mol. The minimum atomic E-state index is -0.0766. The second kappa shape index (κ2) is 10.0. The number of nitrogens with zero attached hydrogens (tertiary/aromatic N) is 2. The van der Waals surface area contributed by atoms with Crippen LogP contribution in [0.15, 0.2) is 121 Å². The van der Waals surface area contributed by atoms with E-state index in [1.165, 1.54) is 44.6 Å². The highest BCUT2D eigenvalue weighted by molar-refractivity contribution is 5.87. The van der Waals surface area contributed by atoms with Crippen molar-refractivity contribution in [1.82, 2.24) is 0 Å². The summed E-state index contributed by atoms with van der Waals surface area (Å²) in [5, 5.41) is 2.52. The van der Waals surface area contributed by atoms with Crippen LogP contribution in [0.3, 0.4) is 0 Å². The van der Waals surface area contributed by atoms with Crippen molar-refractivity contribution in [3.05, 3.63) is 121 Å². The summed E-state index contributed by atoms with van der Waals surface area (Å²) >= 11 is 0. The van der Waals surface area contributed by atoms with Gasteiger partial charge in [-0.05, 0) is 112 Å². The molecule has 0 N–H and O–H groups in total.